The maximum Gasteiger partial charge on any atom is 0.0462 e. The number of methoxy groups -OCH3 is 1. The van der Waals surface area contributed by atoms with Gasteiger partial charge in [-0.1, -0.05) is 23.7 Å². The number of benzene rings is 1. The van der Waals surface area contributed by atoms with E-state index < -0.39 is 0 Å². The molecule has 0 aromatic heterocycles. The molecule has 1 aromatic carbocycles. The summed E-state index contributed by atoms with van der Waals surface area (Å²) < 4.78 is 5.00. The molecular formula is C13H20ClNO. The van der Waals surface area contributed by atoms with E-state index in [2.05, 4.69) is 18.3 Å². The van der Waals surface area contributed by atoms with Crippen molar-refractivity contribution < 1.29 is 4.74 Å². The van der Waals surface area contributed by atoms with Crippen molar-refractivity contribution in [3.63, 3.8) is 0 Å². The zero-order chi connectivity index (χ0) is 11.8. The van der Waals surface area contributed by atoms with Crippen LogP contribution in [-0.2, 0) is 4.74 Å². The summed E-state index contributed by atoms with van der Waals surface area (Å²) in [6, 6.07) is 8.34. The lowest BCUT2D eigenvalue weighted by Gasteiger charge is -2.14. The first-order chi connectivity index (χ1) is 7.74. The van der Waals surface area contributed by atoms with Crippen molar-refractivity contribution in [2.24, 2.45) is 0 Å². The van der Waals surface area contributed by atoms with Crippen molar-refractivity contribution in [1.29, 1.82) is 0 Å². The molecule has 1 aromatic rings. The second-order valence-corrected chi connectivity index (χ2v) is 4.37. The highest BCUT2D eigenvalue weighted by atomic mass is 35.5. The maximum absolute atomic E-state index is 5.95. The summed E-state index contributed by atoms with van der Waals surface area (Å²) in [6.45, 7) is 4.01. The normalized spacial score (nSPS) is 12.7. The van der Waals surface area contributed by atoms with E-state index in [1.165, 1.54) is 5.56 Å². The minimum absolute atomic E-state index is 0.348. The Labute approximate surface area is 103 Å². The Kier molecular flexibility index (Phi) is 6.46. The van der Waals surface area contributed by atoms with Crippen molar-refractivity contribution in [1.82, 2.24) is 5.32 Å². The van der Waals surface area contributed by atoms with Gasteiger partial charge in [0.1, 0.15) is 0 Å². The Bertz CT molecular complexity index is 304. The smallest absolute Gasteiger partial charge is 0.0462 e. The molecule has 0 saturated heterocycles. The van der Waals surface area contributed by atoms with Crippen LogP contribution < -0.4 is 5.32 Å². The Hall–Kier alpha value is -0.570. The summed E-state index contributed by atoms with van der Waals surface area (Å²) in [5, 5.41) is 4.27. The van der Waals surface area contributed by atoms with Gasteiger partial charge in [-0.3, -0.25) is 0 Å². The van der Waals surface area contributed by atoms with Gasteiger partial charge in [-0.2, -0.15) is 0 Å². The third-order valence-corrected chi connectivity index (χ3v) is 2.81. The first kappa shape index (κ1) is 13.5. The molecule has 1 N–H and O–H groups in total. The maximum atomic E-state index is 5.95. The summed E-state index contributed by atoms with van der Waals surface area (Å²) in [5.41, 5.74) is 1.24. The van der Waals surface area contributed by atoms with E-state index in [1.807, 2.05) is 18.2 Å². The molecule has 0 spiro atoms. The predicted molar refractivity (Wildman–Crippen MR) is 69.0 cm³/mol. The van der Waals surface area contributed by atoms with Gasteiger partial charge in [0, 0.05) is 24.8 Å². The quantitative estimate of drug-likeness (QED) is 0.739. The Morgan fingerprint density at radius 1 is 1.38 bits per heavy atom. The lowest BCUT2D eigenvalue weighted by molar-refractivity contribution is 0.192. The molecule has 16 heavy (non-hydrogen) atoms. The molecule has 0 bridgehead atoms. The van der Waals surface area contributed by atoms with E-state index in [0.29, 0.717) is 6.04 Å². The lowest BCUT2D eigenvalue weighted by atomic mass is 10.1. The summed E-state index contributed by atoms with van der Waals surface area (Å²) >= 11 is 5.95. The molecule has 0 amide bonds. The number of ether oxygens (including phenoxy) is 1. The number of hydrogen-bond acceptors (Lipinski definition) is 2. The highest BCUT2D eigenvalue weighted by Gasteiger charge is 2.03. The van der Waals surface area contributed by atoms with Crippen LogP contribution in [0.3, 0.4) is 0 Å². The first-order valence-corrected chi connectivity index (χ1v) is 6.09. The fourth-order valence-corrected chi connectivity index (χ4v) is 1.78. The van der Waals surface area contributed by atoms with Crippen LogP contribution in [0.5, 0.6) is 0 Å². The van der Waals surface area contributed by atoms with Crippen molar-refractivity contribution >= 4 is 11.6 Å². The second kappa shape index (κ2) is 7.66. The van der Waals surface area contributed by atoms with E-state index in [0.717, 1.165) is 31.0 Å². The average Bonchev–Trinajstić information content (AvgIpc) is 2.28. The van der Waals surface area contributed by atoms with Crippen molar-refractivity contribution in [3.05, 3.63) is 34.9 Å². The van der Waals surface area contributed by atoms with Gasteiger partial charge in [-0.15, -0.1) is 0 Å². The highest BCUT2D eigenvalue weighted by molar-refractivity contribution is 6.30. The van der Waals surface area contributed by atoms with E-state index in [1.54, 1.807) is 7.11 Å². The molecule has 0 heterocycles. The number of nitrogens with one attached hydrogen (secondary N) is 1. The minimum atomic E-state index is 0.348. The standard InChI is InChI=1S/C13H20ClNO/c1-11(15-8-3-4-9-16-2)12-6-5-7-13(14)10-12/h5-7,10-11,15H,3-4,8-9H2,1-2H3. The zero-order valence-corrected chi connectivity index (χ0v) is 10.8. The van der Waals surface area contributed by atoms with Gasteiger partial charge < -0.3 is 10.1 Å². The van der Waals surface area contributed by atoms with Crippen LogP contribution in [0.1, 0.15) is 31.4 Å². The van der Waals surface area contributed by atoms with E-state index >= 15 is 0 Å². The molecule has 0 aliphatic heterocycles. The van der Waals surface area contributed by atoms with Gasteiger partial charge in [0.05, 0.1) is 0 Å². The van der Waals surface area contributed by atoms with Crippen LogP contribution in [0.25, 0.3) is 0 Å². The van der Waals surface area contributed by atoms with E-state index in [9.17, 15) is 0 Å². The second-order valence-electron chi connectivity index (χ2n) is 3.93. The van der Waals surface area contributed by atoms with Gasteiger partial charge in [0.2, 0.25) is 0 Å². The third kappa shape index (κ3) is 4.97. The molecule has 90 valence electrons. The minimum Gasteiger partial charge on any atom is -0.385 e. The summed E-state index contributed by atoms with van der Waals surface area (Å²) in [6.07, 6.45) is 2.24. The van der Waals surface area contributed by atoms with Gasteiger partial charge >= 0.3 is 0 Å². The van der Waals surface area contributed by atoms with Crippen molar-refractivity contribution in [2.75, 3.05) is 20.3 Å². The van der Waals surface area contributed by atoms with Gasteiger partial charge in [0.15, 0.2) is 0 Å². The molecule has 1 rings (SSSR count). The lowest BCUT2D eigenvalue weighted by Crippen LogP contribution is -2.20. The van der Waals surface area contributed by atoms with Gasteiger partial charge in [-0.25, -0.2) is 0 Å². The number of rotatable bonds is 7. The summed E-state index contributed by atoms with van der Waals surface area (Å²) in [7, 11) is 1.74. The SMILES string of the molecule is COCCCCNC(C)c1cccc(Cl)c1. The van der Waals surface area contributed by atoms with E-state index in [4.69, 9.17) is 16.3 Å². The Morgan fingerprint density at radius 2 is 2.19 bits per heavy atom. The molecule has 0 fully saturated rings. The highest BCUT2D eigenvalue weighted by Crippen LogP contribution is 2.17. The first-order valence-electron chi connectivity index (χ1n) is 5.72. The fourth-order valence-electron chi connectivity index (χ4n) is 1.58. The molecule has 0 radical (unpaired) electrons. The molecule has 1 atom stereocenters. The molecule has 1 unspecified atom stereocenters. The van der Waals surface area contributed by atoms with E-state index in [-0.39, 0.29) is 0 Å². The van der Waals surface area contributed by atoms with Crippen LogP contribution in [0, 0.1) is 0 Å². The average molecular weight is 242 g/mol. The van der Waals surface area contributed by atoms with Crippen LogP contribution in [-0.4, -0.2) is 20.3 Å². The van der Waals surface area contributed by atoms with Crippen molar-refractivity contribution in [3.8, 4) is 0 Å². The van der Waals surface area contributed by atoms with Crippen molar-refractivity contribution in [2.45, 2.75) is 25.8 Å². The Morgan fingerprint density at radius 3 is 2.88 bits per heavy atom. The third-order valence-electron chi connectivity index (χ3n) is 2.57. The van der Waals surface area contributed by atoms with Crippen LogP contribution in [0.15, 0.2) is 24.3 Å². The fraction of sp³-hybridized carbons (Fsp3) is 0.538. The number of hydrogen-bond donors (Lipinski definition) is 1. The molecule has 0 aliphatic carbocycles. The molecule has 2 nitrogen and oxygen atoms in total. The van der Waals surface area contributed by atoms with Crippen LogP contribution >= 0.6 is 11.6 Å². The largest absolute Gasteiger partial charge is 0.385 e. The topological polar surface area (TPSA) is 21.3 Å². The van der Waals surface area contributed by atoms with Gasteiger partial charge in [0.25, 0.3) is 0 Å². The summed E-state index contributed by atoms with van der Waals surface area (Å²) in [4.78, 5) is 0. The molecule has 0 saturated carbocycles. The monoisotopic (exact) mass is 241 g/mol. The number of halogens is 1. The van der Waals surface area contributed by atoms with Crippen LogP contribution in [0.2, 0.25) is 5.02 Å². The van der Waals surface area contributed by atoms with Gasteiger partial charge in [-0.05, 0) is 44.0 Å². The summed E-state index contributed by atoms with van der Waals surface area (Å²) in [5.74, 6) is 0. The number of unbranched alkanes of at least 4 members (excludes halogenated alkanes) is 1. The zero-order valence-electron chi connectivity index (χ0n) is 10.0. The molecule has 0 aliphatic rings. The predicted octanol–water partition coefficient (Wildman–Crippen LogP) is 3.42. The molecular weight excluding hydrogens is 222 g/mol. The van der Waals surface area contributed by atoms with Crippen LogP contribution in [0.4, 0.5) is 0 Å². The molecule has 3 heteroatoms. The Balaban J connectivity index is 2.27.